The largest absolute Gasteiger partial charge is 0.324 e. The van der Waals surface area contributed by atoms with Crippen LogP contribution in [-0.2, 0) is 19.4 Å². The maximum absolute atomic E-state index is 4.79. The molecule has 6 rings (SSSR count). The fraction of sp³-hybridized carbons (Fsp3) is 0.407. The predicted molar refractivity (Wildman–Crippen MR) is 134 cm³/mol. The van der Waals surface area contributed by atoms with Crippen LogP contribution in [0.3, 0.4) is 0 Å². The summed E-state index contributed by atoms with van der Waals surface area (Å²) in [5, 5.41) is 15.8. The molecule has 0 bridgehead atoms. The number of anilines is 2. The van der Waals surface area contributed by atoms with Gasteiger partial charge in [0.25, 0.3) is 0 Å². The molecule has 0 saturated heterocycles. The van der Waals surface area contributed by atoms with Gasteiger partial charge in [-0.2, -0.15) is 9.67 Å². The van der Waals surface area contributed by atoms with Gasteiger partial charge < -0.3 is 10.6 Å². The van der Waals surface area contributed by atoms with Crippen LogP contribution in [-0.4, -0.2) is 31.5 Å². The molecule has 1 saturated carbocycles. The number of fused-ring (bicyclic) bond motifs is 2. The molecule has 0 aliphatic heterocycles. The summed E-state index contributed by atoms with van der Waals surface area (Å²) >= 11 is 0. The van der Waals surface area contributed by atoms with Crippen molar-refractivity contribution < 1.29 is 0 Å². The monoisotopic (exact) mass is 453 g/mol. The quantitative estimate of drug-likeness (QED) is 0.405. The highest BCUT2D eigenvalue weighted by molar-refractivity contribution is 5.73. The second kappa shape index (κ2) is 9.50. The molecule has 0 radical (unpaired) electrons. The molecule has 0 unspecified atom stereocenters. The first kappa shape index (κ1) is 21.2. The maximum Gasteiger partial charge on any atom is 0.229 e. The van der Waals surface area contributed by atoms with E-state index in [2.05, 4.69) is 62.3 Å². The topological polar surface area (TPSA) is 80.6 Å². The molecule has 2 aliphatic carbocycles. The van der Waals surface area contributed by atoms with Crippen molar-refractivity contribution in [1.82, 2.24) is 30.3 Å². The van der Waals surface area contributed by atoms with E-state index in [1.165, 1.54) is 61.6 Å². The lowest BCUT2D eigenvalue weighted by Gasteiger charge is -2.22. The fourth-order valence-corrected chi connectivity index (χ4v) is 5.37. The number of rotatable bonds is 7. The molecule has 2 aromatic carbocycles. The lowest BCUT2D eigenvalue weighted by molar-refractivity contribution is 0.342. The number of aryl methyl sites for hydroxylation is 2. The molecule has 4 aromatic rings. The Kier molecular flexibility index (Phi) is 5.93. The summed E-state index contributed by atoms with van der Waals surface area (Å²) in [5.41, 5.74) is 7.49. The standard InChI is InChI=1S/C27H31N7/c1-2-7-19(8-3-1)16-28-17-22-9-4-5-12-24(22)30-27-29-18-25-26(31-27)34(33-32-25)23-14-13-20-10-6-11-21(20)15-23/h4-5,9,12-15,18-19,28H,1-3,6-8,10-11,16-17H2,(H,29,30,31). The highest BCUT2D eigenvalue weighted by Crippen LogP contribution is 2.26. The van der Waals surface area contributed by atoms with Crippen LogP contribution in [0.5, 0.6) is 0 Å². The molecular weight excluding hydrogens is 422 g/mol. The fourth-order valence-electron chi connectivity index (χ4n) is 5.37. The maximum atomic E-state index is 4.79. The van der Waals surface area contributed by atoms with E-state index >= 15 is 0 Å². The van der Waals surface area contributed by atoms with E-state index in [1.807, 2.05) is 10.7 Å². The second-order valence-electron chi connectivity index (χ2n) is 9.63. The van der Waals surface area contributed by atoms with Crippen LogP contribution in [0, 0.1) is 5.92 Å². The van der Waals surface area contributed by atoms with E-state index in [-0.39, 0.29) is 0 Å². The molecule has 7 nitrogen and oxygen atoms in total. The van der Waals surface area contributed by atoms with Crippen LogP contribution in [0.1, 0.15) is 55.2 Å². The van der Waals surface area contributed by atoms with E-state index in [4.69, 9.17) is 4.98 Å². The molecule has 1 fully saturated rings. The number of nitrogens with one attached hydrogen (secondary N) is 2. The molecule has 7 heteroatoms. The van der Waals surface area contributed by atoms with Gasteiger partial charge in [-0.1, -0.05) is 48.7 Å². The summed E-state index contributed by atoms with van der Waals surface area (Å²) in [6.07, 6.45) is 12.1. The molecule has 0 atom stereocenters. The highest BCUT2D eigenvalue weighted by Gasteiger charge is 2.16. The van der Waals surface area contributed by atoms with Crippen molar-refractivity contribution in [3.63, 3.8) is 0 Å². The van der Waals surface area contributed by atoms with E-state index < -0.39 is 0 Å². The zero-order valence-corrected chi connectivity index (χ0v) is 19.5. The Morgan fingerprint density at radius 2 is 1.82 bits per heavy atom. The minimum atomic E-state index is 0.553. The van der Waals surface area contributed by atoms with Crippen molar-refractivity contribution in [3.8, 4) is 5.69 Å². The zero-order chi connectivity index (χ0) is 22.7. The zero-order valence-electron chi connectivity index (χ0n) is 19.5. The van der Waals surface area contributed by atoms with Crippen LogP contribution in [0.15, 0.2) is 48.7 Å². The van der Waals surface area contributed by atoms with Gasteiger partial charge in [0.1, 0.15) is 0 Å². The molecule has 2 aromatic heterocycles. The van der Waals surface area contributed by atoms with Crippen LogP contribution < -0.4 is 10.6 Å². The van der Waals surface area contributed by atoms with E-state index in [0.29, 0.717) is 17.1 Å². The molecule has 2 aliphatic rings. The number of nitrogens with zero attached hydrogens (tertiary/aromatic N) is 5. The summed E-state index contributed by atoms with van der Waals surface area (Å²) in [5.74, 6) is 1.36. The summed E-state index contributed by atoms with van der Waals surface area (Å²) in [4.78, 5) is 9.29. The average molecular weight is 454 g/mol. The number of para-hydroxylation sites is 1. The Labute approximate surface area is 200 Å². The first-order valence-electron chi connectivity index (χ1n) is 12.6. The van der Waals surface area contributed by atoms with Gasteiger partial charge in [0.15, 0.2) is 11.2 Å². The van der Waals surface area contributed by atoms with Gasteiger partial charge in [0.2, 0.25) is 5.95 Å². The summed E-state index contributed by atoms with van der Waals surface area (Å²) < 4.78 is 1.82. The van der Waals surface area contributed by atoms with Crippen molar-refractivity contribution >= 4 is 22.8 Å². The number of hydrogen-bond donors (Lipinski definition) is 2. The Morgan fingerprint density at radius 3 is 2.76 bits per heavy atom. The van der Waals surface area contributed by atoms with Crippen molar-refractivity contribution in [2.45, 2.75) is 57.9 Å². The normalized spacial score (nSPS) is 16.1. The van der Waals surface area contributed by atoms with Crippen molar-refractivity contribution in [1.29, 1.82) is 0 Å². The minimum Gasteiger partial charge on any atom is -0.324 e. The highest BCUT2D eigenvalue weighted by atomic mass is 15.4. The molecule has 34 heavy (non-hydrogen) atoms. The molecule has 0 amide bonds. The average Bonchev–Trinajstić information content (AvgIpc) is 3.52. The SMILES string of the molecule is c1ccc(Nc2ncc3nnn(-c4ccc5c(c4)CCC5)c3n2)c(CNCC2CCCCC2)c1. The molecule has 2 heterocycles. The Hall–Kier alpha value is -3.32. The van der Waals surface area contributed by atoms with Gasteiger partial charge in [-0.25, -0.2) is 4.98 Å². The van der Waals surface area contributed by atoms with Crippen molar-refractivity contribution in [2.24, 2.45) is 5.92 Å². The summed E-state index contributed by atoms with van der Waals surface area (Å²) in [7, 11) is 0. The number of aromatic nitrogens is 5. The Morgan fingerprint density at radius 1 is 0.941 bits per heavy atom. The minimum absolute atomic E-state index is 0.553. The van der Waals surface area contributed by atoms with Crippen molar-refractivity contribution in [3.05, 3.63) is 65.4 Å². The molecule has 174 valence electrons. The van der Waals surface area contributed by atoms with Crippen molar-refractivity contribution in [2.75, 3.05) is 11.9 Å². The van der Waals surface area contributed by atoms with Crippen LogP contribution >= 0.6 is 0 Å². The number of hydrogen-bond acceptors (Lipinski definition) is 6. The van der Waals surface area contributed by atoms with Gasteiger partial charge in [-0.3, -0.25) is 0 Å². The van der Waals surface area contributed by atoms with Crippen LogP contribution in [0.4, 0.5) is 11.6 Å². The van der Waals surface area contributed by atoms with Crippen LogP contribution in [0.25, 0.3) is 16.9 Å². The first-order chi connectivity index (χ1) is 16.8. The third kappa shape index (κ3) is 4.40. The third-order valence-corrected chi connectivity index (χ3v) is 7.26. The lowest BCUT2D eigenvalue weighted by Crippen LogP contribution is -2.24. The van der Waals surface area contributed by atoms with E-state index in [9.17, 15) is 0 Å². The van der Waals surface area contributed by atoms with Gasteiger partial charge in [0.05, 0.1) is 11.9 Å². The van der Waals surface area contributed by atoms with Gasteiger partial charge in [-0.15, -0.1) is 5.10 Å². The third-order valence-electron chi connectivity index (χ3n) is 7.26. The molecular formula is C27H31N7. The summed E-state index contributed by atoms with van der Waals surface area (Å²) in [6, 6.07) is 14.9. The second-order valence-corrected chi connectivity index (χ2v) is 9.63. The van der Waals surface area contributed by atoms with E-state index in [0.717, 1.165) is 36.8 Å². The predicted octanol–water partition coefficient (Wildman–Crippen LogP) is 5.11. The lowest BCUT2D eigenvalue weighted by atomic mass is 9.89. The Bertz CT molecular complexity index is 1290. The smallest absolute Gasteiger partial charge is 0.229 e. The van der Waals surface area contributed by atoms with Gasteiger partial charge in [-0.05, 0) is 79.5 Å². The first-order valence-corrected chi connectivity index (χ1v) is 12.6. The number of benzene rings is 2. The van der Waals surface area contributed by atoms with Gasteiger partial charge >= 0.3 is 0 Å². The Balaban J connectivity index is 1.21. The summed E-state index contributed by atoms with van der Waals surface area (Å²) in [6.45, 7) is 1.92. The molecule has 2 N–H and O–H groups in total. The van der Waals surface area contributed by atoms with Crippen LogP contribution in [0.2, 0.25) is 0 Å². The molecule has 0 spiro atoms. The van der Waals surface area contributed by atoms with E-state index in [1.54, 1.807) is 6.20 Å². The van der Waals surface area contributed by atoms with Gasteiger partial charge in [0, 0.05) is 12.2 Å².